The molecule has 10 nitrogen and oxygen atoms in total. The fraction of sp³-hybridized carbons (Fsp3) is 0.174. The Balaban J connectivity index is 1.46. The normalized spacial score (nSPS) is 12.9. The van der Waals surface area contributed by atoms with E-state index >= 15 is 0 Å². The standard InChI is InChI=1S/C23H19FN8O2/c1-12-6-15(3-2-13(12)9-25)28-23(34)31-4-5-32-19(11-31)20(22(26)33)21(30-32)14-7-17(24)16-10-27-29-18(16)8-14/h2-3,6-8,10H,4-5,11H2,1H3,(H2,26,33)(H,27,29)(H,28,34). The lowest BCUT2D eigenvalue weighted by atomic mass is 10.0. The summed E-state index contributed by atoms with van der Waals surface area (Å²) in [6.45, 7) is 2.57. The Morgan fingerprint density at radius 2 is 2.09 bits per heavy atom. The number of carbonyl (C=O) groups is 2. The number of amides is 3. The number of halogens is 1. The van der Waals surface area contributed by atoms with E-state index in [-0.39, 0.29) is 23.8 Å². The predicted molar refractivity (Wildman–Crippen MR) is 121 cm³/mol. The monoisotopic (exact) mass is 458 g/mol. The number of primary amides is 1. The summed E-state index contributed by atoms with van der Waals surface area (Å²) in [6, 6.07) is 9.69. The Labute approximate surface area is 192 Å². The highest BCUT2D eigenvalue weighted by Crippen LogP contribution is 2.31. The first-order chi connectivity index (χ1) is 16.4. The van der Waals surface area contributed by atoms with Crippen LogP contribution in [0.3, 0.4) is 0 Å². The van der Waals surface area contributed by atoms with E-state index in [1.165, 1.54) is 12.3 Å². The van der Waals surface area contributed by atoms with Crippen LogP contribution in [-0.2, 0) is 13.1 Å². The van der Waals surface area contributed by atoms with Gasteiger partial charge in [-0.1, -0.05) is 0 Å². The number of nitrogens with zero attached hydrogens (tertiary/aromatic N) is 5. The van der Waals surface area contributed by atoms with Crippen LogP contribution in [0.5, 0.6) is 0 Å². The molecule has 0 spiro atoms. The highest BCUT2D eigenvalue weighted by atomic mass is 19.1. The number of rotatable bonds is 3. The number of urea groups is 1. The minimum Gasteiger partial charge on any atom is -0.365 e. The molecular formula is C23H19FN8O2. The summed E-state index contributed by atoms with van der Waals surface area (Å²) in [5.74, 6) is -1.22. The molecule has 1 aliphatic heterocycles. The molecule has 0 saturated carbocycles. The number of carbonyl (C=O) groups excluding carboxylic acids is 2. The van der Waals surface area contributed by atoms with Crippen LogP contribution in [0.25, 0.3) is 22.2 Å². The van der Waals surface area contributed by atoms with Crippen molar-refractivity contribution in [2.45, 2.75) is 20.0 Å². The van der Waals surface area contributed by atoms with Crippen molar-refractivity contribution in [2.75, 3.05) is 11.9 Å². The molecule has 34 heavy (non-hydrogen) atoms. The number of nitrogens with two attached hydrogens (primary N) is 1. The van der Waals surface area contributed by atoms with E-state index < -0.39 is 11.7 Å². The quantitative estimate of drug-likeness (QED) is 0.432. The summed E-state index contributed by atoms with van der Waals surface area (Å²) in [5.41, 5.74) is 9.25. The summed E-state index contributed by atoms with van der Waals surface area (Å²) < 4.78 is 16.2. The summed E-state index contributed by atoms with van der Waals surface area (Å²) >= 11 is 0. The number of nitrogens with one attached hydrogen (secondary N) is 2. The lowest BCUT2D eigenvalue weighted by Gasteiger charge is -2.28. The number of hydrogen-bond donors (Lipinski definition) is 3. The molecule has 11 heteroatoms. The van der Waals surface area contributed by atoms with E-state index in [0.29, 0.717) is 46.5 Å². The average molecular weight is 458 g/mol. The Bertz CT molecular complexity index is 1510. The molecule has 5 rings (SSSR count). The minimum absolute atomic E-state index is 0.0984. The van der Waals surface area contributed by atoms with Gasteiger partial charge < -0.3 is 16.0 Å². The highest BCUT2D eigenvalue weighted by molar-refractivity contribution is 6.01. The number of nitriles is 1. The van der Waals surface area contributed by atoms with E-state index in [4.69, 9.17) is 11.0 Å². The molecule has 0 fully saturated rings. The molecule has 2 aromatic heterocycles. The zero-order chi connectivity index (χ0) is 24.0. The number of anilines is 1. The predicted octanol–water partition coefficient (Wildman–Crippen LogP) is 2.89. The average Bonchev–Trinajstić information content (AvgIpc) is 3.43. The number of hydrogen-bond acceptors (Lipinski definition) is 5. The van der Waals surface area contributed by atoms with Gasteiger partial charge in [0.25, 0.3) is 5.91 Å². The highest BCUT2D eigenvalue weighted by Gasteiger charge is 2.30. The number of benzene rings is 2. The smallest absolute Gasteiger partial charge is 0.322 e. The zero-order valence-corrected chi connectivity index (χ0v) is 18.1. The Kier molecular flexibility index (Phi) is 4.98. The van der Waals surface area contributed by atoms with Crippen LogP contribution in [0.2, 0.25) is 0 Å². The van der Waals surface area contributed by atoms with Gasteiger partial charge in [-0.25, -0.2) is 9.18 Å². The van der Waals surface area contributed by atoms with Crippen molar-refractivity contribution in [3.63, 3.8) is 0 Å². The minimum atomic E-state index is -0.716. The van der Waals surface area contributed by atoms with E-state index in [1.807, 2.05) is 0 Å². The lowest BCUT2D eigenvalue weighted by Crippen LogP contribution is -2.41. The molecule has 2 aromatic carbocycles. The van der Waals surface area contributed by atoms with E-state index in [2.05, 4.69) is 26.7 Å². The van der Waals surface area contributed by atoms with Crippen molar-refractivity contribution in [2.24, 2.45) is 5.73 Å². The fourth-order valence-corrected chi connectivity index (χ4v) is 4.17. The summed E-state index contributed by atoms with van der Waals surface area (Å²) in [7, 11) is 0. The van der Waals surface area contributed by atoms with Gasteiger partial charge in [0, 0.05) is 17.8 Å². The molecule has 0 unspecified atom stereocenters. The third kappa shape index (κ3) is 3.51. The van der Waals surface area contributed by atoms with Crippen molar-refractivity contribution in [1.29, 1.82) is 5.26 Å². The first-order valence-corrected chi connectivity index (χ1v) is 10.4. The first kappa shape index (κ1) is 21.1. The summed E-state index contributed by atoms with van der Waals surface area (Å²) in [6.07, 6.45) is 1.38. The largest absolute Gasteiger partial charge is 0.365 e. The van der Waals surface area contributed by atoms with Gasteiger partial charge in [0.2, 0.25) is 0 Å². The number of aromatic amines is 1. The van der Waals surface area contributed by atoms with Gasteiger partial charge in [-0.15, -0.1) is 0 Å². The van der Waals surface area contributed by atoms with Gasteiger partial charge in [-0.2, -0.15) is 15.5 Å². The molecule has 0 saturated heterocycles. The van der Waals surface area contributed by atoms with E-state index in [0.717, 1.165) is 5.56 Å². The van der Waals surface area contributed by atoms with Crippen LogP contribution in [0.15, 0.2) is 36.5 Å². The molecule has 4 N–H and O–H groups in total. The summed E-state index contributed by atoms with van der Waals surface area (Å²) in [5, 5.41) is 23.3. The van der Waals surface area contributed by atoms with Crippen LogP contribution in [-0.4, -0.2) is 43.4 Å². The van der Waals surface area contributed by atoms with Gasteiger partial charge in [-0.3, -0.25) is 14.6 Å². The van der Waals surface area contributed by atoms with Crippen molar-refractivity contribution in [1.82, 2.24) is 24.9 Å². The van der Waals surface area contributed by atoms with Gasteiger partial charge in [0.15, 0.2) is 0 Å². The van der Waals surface area contributed by atoms with Crippen molar-refractivity contribution in [3.05, 3.63) is 64.7 Å². The number of H-pyrrole nitrogens is 1. The second kappa shape index (κ2) is 8.00. The van der Waals surface area contributed by atoms with E-state index in [1.54, 1.807) is 40.8 Å². The number of aromatic nitrogens is 4. The van der Waals surface area contributed by atoms with Crippen molar-refractivity contribution in [3.8, 4) is 17.3 Å². The molecule has 0 atom stereocenters. The number of fused-ring (bicyclic) bond motifs is 2. The van der Waals surface area contributed by atoms with Gasteiger partial charge in [-0.05, 0) is 42.8 Å². The van der Waals surface area contributed by atoms with Crippen LogP contribution < -0.4 is 11.1 Å². The second-order valence-electron chi connectivity index (χ2n) is 8.04. The molecule has 3 amide bonds. The van der Waals surface area contributed by atoms with E-state index in [9.17, 15) is 14.0 Å². The third-order valence-electron chi connectivity index (χ3n) is 5.89. The second-order valence-corrected chi connectivity index (χ2v) is 8.04. The van der Waals surface area contributed by atoms with Crippen LogP contribution in [0, 0.1) is 24.1 Å². The maximum atomic E-state index is 14.5. The number of aryl methyl sites for hydroxylation is 1. The SMILES string of the molecule is Cc1cc(NC(=O)N2CCn3nc(-c4cc(F)c5cn[nH]c5c4)c(C(N)=O)c3C2)ccc1C#N. The molecule has 3 heterocycles. The molecule has 4 aromatic rings. The Hall–Kier alpha value is -4.72. The molecule has 0 aliphatic carbocycles. The molecule has 0 radical (unpaired) electrons. The summed E-state index contributed by atoms with van der Waals surface area (Å²) in [4.78, 5) is 26.8. The first-order valence-electron chi connectivity index (χ1n) is 10.4. The van der Waals surface area contributed by atoms with Crippen molar-refractivity contribution < 1.29 is 14.0 Å². The van der Waals surface area contributed by atoms with Crippen molar-refractivity contribution >= 4 is 28.5 Å². The molecule has 170 valence electrons. The van der Waals surface area contributed by atoms with Crippen LogP contribution in [0.4, 0.5) is 14.9 Å². The maximum absolute atomic E-state index is 14.5. The van der Waals surface area contributed by atoms with Crippen LogP contribution >= 0.6 is 0 Å². The fourth-order valence-electron chi connectivity index (χ4n) is 4.17. The topological polar surface area (TPSA) is 146 Å². The Morgan fingerprint density at radius 1 is 1.26 bits per heavy atom. The van der Waals surface area contributed by atoms with Gasteiger partial charge in [0.05, 0.1) is 53.1 Å². The van der Waals surface area contributed by atoms with Crippen LogP contribution in [0.1, 0.15) is 27.2 Å². The molecule has 0 bridgehead atoms. The zero-order valence-electron chi connectivity index (χ0n) is 18.1. The van der Waals surface area contributed by atoms with Gasteiger partial charge in [0.1, 0.15) is 11.5 Å². The maximum Gasteiger partial charge on any atom is 0.322 e. The third-order valence-corrected chi connectivity index (χ3v) is 5.89. The van der Waals surface area contributed by atoms with Gasteiger partial charge >= 0.3 is 6.03 Å². The molecular weight excluding hydrogens is 439 g/mol. The lowest BCUT2D eigenvalue weighted by molar-refractivity contribution is 0.0997. The molecule has 1 aliphatic rings. The Morgan fingerprint density at radius 3 is 2.82 bits per heavy atom.